The zero-order chi connectivity index (χ0) is 14.7. The summed E-state index contributed by atoms with van der Waals surface area (Å²) in [6.45, 7) is 0.253. The van der Waals surface area contributed by atoms with Gasteiger partial charge in [-0.2, -0.15) is 0 Å². The zero-order valence-electron chi connectivity index (χ0n) is 11.3. The Labute approximate surface area is 122 Å². The van der Waals surface area contributed by atoms with Crippen molar-refractivity contribution in [3.05, 3.63) is 66.4 Å². The molecule has 0 saturated carbocycles. The van der Waals surface area contributed by atoms with E-state index in [1.165, 1.54) is 0 Å². The topological polar surface area (TPSA) is 62.6 Å². The Kier molecular flexibility index (Phi) is 3.86. The Balaban J connectivity index is 1.87. The van der Waals surface area contributed by atoms with Gasteiger partial charge in [-0.3, -0.25) is 4.98 Å². The number of nitrogens with zero attached hydrogens (tertiary/aromatic N) is 1. The quantitative estimate of drug-likeness (QED) is 0.710. The Bertz CT molecular complexity index is 756. The largest absolute Gasteiger partial charge is 0.488 e. The van der Waals surface area contributed by atoms with Crippen LogP contribution in [0.5, 0.6) is 5.75 Å². The standard InChI is InChI=1S/C16H14BNO3/c19-17(20)14-8-2-1-5-13(14)11-21-15-9-3-6-12-7-4-10-18-16(12)15/h1-10,19-20H,11H2. The van der Waals surface area contributed by atoms with Gasteiger partial charge in [0.05, 0.1) is 0 Å². The predicted octanol–water partition coefficient (Wildman–Crippen LogP) is 1.49. The van der Waals surface area contributed by atoms with E-state index in [2.05, 4.69) is 4.98 Å². The third-order valence-electron chi connectivity index (χ3n) is 3.31. The molecule has 0 atom stereocenters. The summed E-state index contributed by atoms with van der Waals surface area (Å²) in [6.07, 6.45) is 1.72. The molecule has 0 amide bonds. The number of pyridine rings is 1. The first-order valence-corrected chi connectivity index (χ1v) is 6.66. The Morgan fingerprint density at radius 1 is 0.952 bits per heavy atom. The van der Waals surface area contributed by atoms with Crippen molar-refractivity contribution < 1.29 is 14.8 Å². The molecule has 0 unspecified atom stereocenters. The van der Waals surface area contributed by atoms with E-state index in [9.17, 15) is 10.0 Å². The van der Waals surface area contributed by atoms with Crippen molar-refractivity contribution in [2.24, 2.45) is 0 Å². The number of benzene rings is 2. The van der Waals surface area contributed by atoms with Gasteiger partial charge in [0.15, 0.2) is 0 Å². The van der Waals surface area contributed by atoms with Crippen LogP contribution in [-0.2, 0) is 6.61 Å². The molecule has 5 heteroatoms. The summed E-state index contributed by atoms with van der Waals surface area (Å²) in [6, 6.07) is 16.7. The molecule has 0 aliphatic rings. The van der Waals surface area contributed by atoms with Crippen molar-refractivity contribution in [1.29, 1.82) is 0 Å². The molecule has 0 aliphatic heterocycles. The molecule has 3 aromatic rings. The van der Waals surface area contributed by atoms with Crippen LogP contribution < -0.4 is 10.2 Å². The van der Waals surface area contributed by atoms with E-state index < -0.39 is 7.12 Å². The molecule has 0 fully saturated rings. The molecule has 0 saturated heterocycles. The summed E-state index contributed by atoms with van der Waals surface area (Å²) in [5.74, 6) is 0.676. The Morgan fingerprint density at radius 3 is 2.62 bits per heavy atom. The first-order chi connectivity index (χ1) is 10.3. The highest BCUT2D eigenvalue weighted by Crippen LogP contribution is 2.23. The van der Waals surface area contributed by atoms with Gasteiger partial charge in [0.2, 0.25) is 0 Å². The lowest BCUT2D eigenvalue weighted by molar-refractivity contribution is 0.309. The molecular weight excluding hydrogens is 265 g/mol. The number of aromatic nitrogens is 1. The average Bonchev–Trinajstić information content (AvgIpc) is 2.53. The number of rotatable bonds is 4. The van der Waals surface area contributed by atoms with E-state index in [0.29, 0.717) is 11.2 Å². The van der Waals surface area contributed by atoms with Crippen LogP contribution in [0.1, 0.15) is 5.56 Å². The first-order valence-electron chi connectivity index (χ1n) is 6.66. The van der Waals surface area contributed by atoms with Gasteiger partial charge in [-0.1, -0.05) is 42.5 Å². The van der Waals surface area contributed by atoms with Crippen molar-refractivity contribution in [1.82, 2.24) is 4.98 Å². The van der Waals surface area contributed by atoms with Gasteiger partial charge in [-0.25, -0.2) is 0 Å². The SMILES string of the molecule is OB(O)c1ccccc1COc1cccc2cccnc12. The highest BCUT2D eigenvalue weighted by Gasteiger charge is 2.15. The minimum absolute atomic E-state index is 0.253. The fourth-order valence-electron chi connectivity index (χ4n) is 2.27. The summed E-state index contributed by atoms with van der Waals surface area (Å²) in [5, 5.41) is 19.7. The Morgan fingerprint density at radius 2 is 1.76 bits per heavy atom. The van der Waals surface area contributed by atoms with E-state index in [1.807, 2.05) is 42.5 Å². The fraction of sp³-hybridized carbons (Fsp3) is 0.0625. The lowest BCUT2D eigenvalue weighted by Gasteiger charge is -2.11. The summed E-state index contributed by atoms with van der Waals surface area (Å²) >= 11 is 0. The molecule has 0 radical (unpaired) electrons. The second-order valence-corrected chi connectivity index (χ2v) is 4.69. The molecular formula is C16H14BNO3. The van der Waals surface area contributed by atoms with Gasteiger partial charge in [-0.05, 0) is 23.2 Å². The van der Waals surface area contributed by atoms with Gasteiger partial charge >= 0.3 is 7.12 Å². The molecule has 21 heavy (non-hydrogen) atoms. The van der Waals surface area contributed by atoms with Crippen LogP contribution in [0.15, 0.2) is 60.8 Å². The third-order valence-corrected chi connectivity index (χ3v) is 3.31. The van der Waals surface area contributed by atoms with E-state index in [1.54, 1.807) is 18.3 Å². The maximum Gasteiger partial charge on any atom is 0.488 e. The van der Waals surface area contributed by atoms with Crippen LogP contribution in [0.25, 0.3) is 10.9 Å². The molecule has 0 aliphatic carbocycles. The van der Waals surface area contributed by atoms with Crippen LogP contribution in [0.2, 0.25) is 0 Å². The second-order valence-electron chi connectivity index (χ2n) is 4.69. The summed E-state index contributed by atoms with van der Waals surface area (Å²) in [5.41, 5.74) is 1.98. The molecule has 3 rings (SSSR count). The number of hydrogen-bond donors (Lipinski definition) is 2. The summed E-state index contributed by atoms with van der Waals surface area (Å²) < 4.78 is 5.81. The molecule has 0 bridgehead atoms. The van der Waals surface area contributed by atoms with Gasteiger partial charge < -0.3 is 14.8 Å². The molecule has 1 aromatic heterocycles. The van der Waals surface area contributed by atoms with Crippen molar-refractivity contribution in [3.8, 4) is 5.75 Å². The molecule has 0 spiro atoms. The van der Waals surface area contributed by atoms with Crippen molar-refractivity contribution in [2.45, 2.75) is 6.61 Å². The summed E-state index contributed by atoms with van der Waals surface area (Å²) in [4.78, 5) is 4.33. The lowest BCUT2D eigenvalue weighted by Crippen LogP contribution is -2.33. The van der Waals surface area contributed by atoms with Gasteiger partial charge in [-0.15, -0.1) is 0 Å². The number of ether oxygens (including phenoxy) is 1. The molecule has 1 heterocycles. The maximum atomic E-state index is 9.36. The fourth-order valence-corrected chi connectivity index (χ4v) is 2.27. The van der Waals surface area contributed by atoms with Crippen LogP contribution in [0.3, 0.4) is 0 Å². The van der Waals surface area contributed by atoms with Gasteiger partial charge in [0.25, 0.3) is 0 Å². The zero-order valence-corrected chi connectivity index (χ0v) is 11.3. The minimum Gasteiger partial charge on any atom is -0.487 e. The summed E-state index contributed by atoms with van der Waals surface area (Å²) in [7, 11) is -1.50. The normalized spacial score (nSPS) is 10.6. The minimum atomic E-state index is -1.50. The molecule has 2 N–H and O–H groups in total. The van der Waals surface area contributed by atoms with Crippen molar-refractivity contribution in [3.63, 3.8) is 0 Å². The van der Waals surface area contributed by atoms with Crippen molar-refractivity contribution >= 4 is 23.5 Å². The molecule has 104 valence electrons. The number of para-hydroxylation sites is 1. The maximum absolute atomic E-state index is 9.36. The Hall–Kier alpha value is -2.37. The highest BCUT2D eigenvalue weighted by molar-refractivity contribution is 6.59. The van der Waals surface area contributed by atoms with Crippen LogP contribution in [-0.4, -0.2) is 22.2 Å². The van der Waals surface area contributed by atoms with Gasteiger partial charge in [0, 0.05) is 11.6 Å². The first kappa shape index (κ1) is 13.6. The monoisotopic (exact) mass is 279 g/mol. The smallest absolute Gasteiger partial charge is 0.487 e. The van der Waals surface area contributed by atoms with Crippen LogP contribution >= 0.6 is 0 Å². The highest BCUT2D eigenvalue weighted by atomic mass is 16.5. The van der Waals surface area contributed by atoms with E-state index in [0.717, 1.165) is 16.5 Å². The third kappa shape index (κ3) is 2.89. The van der Waals surface area contributed by atoms with Crippen LogP contribution in [0.4, 0.5) is 0 Å². The predicted molar refractivity (Wildman–Crippen MR) is 82.3 cm³/mol. The second kappa shape index (κ2) is 5.95. The number of hydrogen-bond acceptors (Lipinski definition) is 4. The molecule has 4 nitrogen and oxygen atoms in total. The van der Waals surface area contributed by atoms with Gasteiger partial charge in [0.1, 0.15) is 17.9 Å². The average molecular weight is 279 g/mol. The van der Waals surface area contributed by atoms with E-state index in [4.69, 9.17) is 4.74 Å². The van der Waals surface area contributed by atoms with E-state index in [-0.39, 0.29) is 6.61 Å². The lowest BCUT2D eigenvalue weighted by atomic mass is 9.77. The molecule has 2 aromatic carbocycles. The van der Waals surface area contributed by atoms with Crippen molar-refractivity contribution in [2.75, 3.05) is 0 Å². The van der Waals surface area contributed by atoms with E-state index >= 15 is 0 Å². The number of fused-ring (bicyclic) bond motifs is 1. The van der Waals surface area contributed by atoms with Crippen LogP contribution in [0, 0.1) is 0 Å².